The van der Waals surface area contributed by atoms with Crippen molar-refractivity contribution in [3.8, 4) is 0 Å². The molecule has 1 heterocycles. The van der Waals surface area contributed by atoms with Gasteiger partial charge in [-0.25, -0.2) is 4.39 Å². The average molecular weight is 295 g/mol. The predicted octanol–water partition coefficient (Wildman–Crippen LogP) is 3.90. The molecule has 0 fully saturated rings. The van der Waals surface area contributed by atoms with Crippen LogP contribution in [0.4, 0.5) is 10.1 Å². The number of aryl methyl sites for hydroxylation is 1. The summed E-state index contributed by atoms with van der Waals surface area (Å²) in [4.78, 5) is 4.06. The second kappa shape index (κ2) is 5.27. The average Bonchev–Trinajstić information content (AvgIpc) is 2.30. The molecular formula is C13H12BrFN2. The van der Waals surface area contributed by atoms with Gasteiger partial charge in [0, 0.05) is 23.4 Å². The normalized spacial score (nSPS) is 10.3. The summed E-state index contributed by atoms with van der Waals surface area (Å²) in [6, 6.07) is 6.96. The van der Waals surface area contributed by atoms with E-state index < -0.39 is 0 Å². The van der Waals surface area contributed by atoms with E-state index >= 15 is 0 Å². The number of benzene rings is 1. The fraction of sp³-hybridized carbons (Fsp3) is 0.154. The van der Waals surface area contributed by atoms with Crippen molar-refractivity contribution < 1.29 is 4.39 Å². The maximum atomic E-state index is 13.5. The molecular weight excluding hydrogens is 283 g/mol. The van der Waals surface area contributed by atoms with Crippen molar-refractivity contribution in [2.45, 2.75) is 13.5 Å². The zero-order chi connectivity index (χ0) is 12.3. The van der Waals surface area contributed by atoms with E-state index in [1.54, 1.807) is 24.5 Å². The summed E-state index contributed by atoms with van der Waals surface area (Å²) in [6.07, 6.45) is 3.47. The second-order valence-corrected chi connectivity index (χ2v) is 4.76. The molecule has 2 nitrogen and oxygen atoms in total. The summed E-state index contributed by atoms with van der Waals surface area (Å²) in [7, 11) is 0. The van der Waals surface area contributed by atoms with Gasteiger partial charge in [-0.2, -0.15) is 0 Å². The second-order valence-electron chi connectivity index (χ2n) is 3.85. The highest BCUT2D eigenvalue weighted by atomic mass is 79.9. The summed E-state index contributed by atoms with van der Waals surface area (Å²) < 4.78 is 14.4. The minimum absolute atomic E-state index is 0.237. The molecule has 0 saturated heterocycles. The molecule has 0 saturated carbocycles. The van der Waals surface area contributed by atoms with Gasteiger partial charge >= 0.3 is 0 Å². The number of hydrogen-bond acceptors (Lipinski definition) is 2. The lowest BCUT2D eigenvalue weighted by Crippen LogP contribution is -2.02. The molecule has 4 heteroatoms. The molecule has 0 atom stereocenters. The van der Waals surface area contributed by atoms with Crippen LogP contribution in [-0.2, 0) is 6.54 Å². The molecule has 17 heavy (non-hydrogen) atoms. The van der Waals surface area contributed by atoms with Crippen molar-refractivity contribution in [2.75, 3.05) is 5.32 Å². The Labute approximate surface area is 108 Å². The molecule has 0 aliphatic heterocycles. The summed E-state index contributed by atoms with van der Waals surface area (Å²) in [6.45, 7) is 2.48. The summed E-state index contributed by atoms with van der Waals surface area (Å²) in [5, 5.41) is 3.06. The highest BCUT2D eigenvalue weighted by Gasteiger charge is 2.02. The molecule has 0 unspecified atom stereocenters. The van der Waals surface area contributed by atoms with Crippen LogP contribution in [0.3, 0.4) is 0 Å². The number of aromatic nitrogens is 1. The zero-order valence-electron chi connectivity index (χ0n) is 9.37. The van der Waals surface area contributed by atoms with Crippen LogP contribution in [0.25, 0.3) is 0 Å². The third kappa shape index (κ3) is 3.27. The van der Waals surface area contributed by atoms with E-state index in [1.165, 1.54) is 6.07 Å². The monoisotopic (exact) mass is 294 g/mol. The molecule has 0 aliphatic carbocycles. The molecule has 2 rings (SSSR count). The van der Waals surface area contributed by atoms with Gasteiger partial charge < -0.3 is 5.32 Å². The number of nitrogens with zero attached hydrogens (tertiary/aromatic N) is 1. The Morgan fingerprint density at radius 2 is 2.12 bits per heavy atom. The van der Waals surface area contributed by atoms with Gasteiger partial charge in [0.25, 0.3) is 0 Å². The Bertz CT molecular complexity index is 529. The SMILES string of the molecule is Cc1ccc(F)c(NCc2cncc(Br)c2)c1. The lowest BCUT2D eigenvalue weighted by atomic mass is 10.2. The first kappa shape index (κ1) is 12.0. The topological polar surface area (TPSA) is 24.9 Å². The Morgan fingerprint density at radius 3 is 2.88 bits per heavy atom. The first-order valence-electron chi connectivity index (χ1n) is 5.24. The molecule has 2 aromatic rings. The number of nitrogens with one attached hydrogen (secondary N) is 1. The molecule has 88 valence electrons. The molecule has 1 N–H and O–H groups in total. The predicted molar refractivity (Wildman–Crippen MR) is 70.4 cm³/mol. The summed E-state index contributed by atoms with van der Waals surface area (Å²) in [5.74, 6) is -0.237. The van der Waals surface area contributed by atoms with Crippen LogP contribution < -0.4 is 5.32 Å². The molecule has 0 aliphatic rings. The molecule has 0 radical (unpaired) electrons. The van der Waals surface area contributed by atoms with Gasteiger partial charge in [0.2, 0.25) is 0 Å². The van der Waals surface area contributed by atoms with E-state index in [1.807, 2.05) is 13.0 Å². The number of pyridine rings is 1. The number of rotatable bonds is 3. The molecule has 1 aromatic heterocycles. The van der Waals surface area contributed by atoms with E-state index in [-0.39, 0.29) is 5.82 Å². The molecule has 0 bridgehead atoms. The third-order valence-electron chi connectivity index (χ3n) is 2.37. The third-order valence-corrected chi connectivity index (χ3v) is 2.80. The van der Waals surface area contributed by atoms with Crippen LogP contribution in [0.15, 0.2) is 41.1 Å². The molecule has 0 amide bonds. The van der Waals surface area contributed by atoms with E-state index in [0.29, 0.717) is 12.2 Å². The summed E-state index contributed by atoms with van der Waals surface area (Å²) in [5.41, 5.74) is 2.55. The number of hydrogen-bond donors (Lipinski definition) is 1. The number of anilines is 1. The molecule has 0 spiro atoms. The van der Waals surface area contributed by atoms with Crippen molar-refractivity contribution in [3.63, 3.8) is 0 Å². The largest absolute Gasteiger partial charge is 0.379 e. The first-order valence-corrected chi connectivity index (χ1v) is 6.04. The van der Waals surface area contributed by atoms with Crippen LogP contribution in [0.1, 0.15) is 11.1 Å². The smallest absolute Gasteiger partial charge is 0.146 e. The lowest BCUT2D eigenvalue weighted by Gasteiger charge is -2.08. The van der Waals surface area contributed by atoms with Gasteiger partial charge in [0.05, 0.1) is 5.69 Å². The van der Waals surface area contributed by atoms with Crippen molar-refractivity contribution in [3.05, 3.63) is 58.1 Å². The van der Waals surface area contributed by atoms with Crippen LogP contribution in [-0.4, -0.2) is 4.98 Å². The Kier molecular flexibility index (Phi) is 3.74. The standard InChI is InChI=1S/C13H12BrFN2/c1-9-2-3-12(15)13(4-9)17-7-10-5-11(14)8-16-6-10/h2-6,8,17H,7H2,1H3. The van der Waals surface area contributed by atoms with Gasteiger partial charge in [-0.05, 0) is 52.2 Å². The van der Waals surface area contributed by atoms with Gasteiger partial charge in [0.15, 0.2) is 0 Å². The quantitative estimate of drug-likeness (QED) is 0.928. The minimum Gasteiger partial charge on any atom is -0.379 e. The highest BCUT2D eigenvalue weighted by Crippen LogP contribution is 2.17. The van der Waals surface area contributed by atoms with Crippen molar-refractivity contribution in [1.29, 1.82) is 0 Å². The summed E-state index contributed by atoms with van der Waals surface area (Å²) >= 11 is 3.35. The maximum Gasteiger partial charge on any atom is 0.146 e. The van der Waals surface area contributed by atoms with Gasteiger partial charge in [-0.1, -0.05) is 6.07 Å². The lowest BCUT2D eigenvalue weighted by molar-refractivity contribution is 0.629. The van der Waals surface area contributed by atoms with Crippen molar-refractivity contribution in [1.82, 2.24) is 4.98 Å². The first-order chi connectivity index (χ1) is 8.15. The highest BCUT2D eigenvalue weighted by molar-refractivity contribution is 9.10. The van der Waals surface area contributed by atoms with Crippen LogP contribution >= 0.6 is 15.9 Å². The zero-order valence-corrected chi connectivity index (χ0v) is 11.0. The Balaban J connectivity index is 2.09. The van der Waals surface area contributed by atoms with Crippen LogP contribution in [0, 0.1) is 12.7 Å². The van der Waals surface area contributed by atoms with E-state index in [2.05, 4.69) is 26.2 Å². The van der Waals surface area contributed by atoms with Gasteiger partial charge in [-0.15, -0.1) is 0 Å². The Hall–Kier alpha value is -1.42. The fourth-order valence-corrected chi connectivity index (χ4v) is 1.94. The van der Waals surface area contributed by atoms with Gasteiger partial charge in [0.1, 0.15) is 5.82 Å². The van der Waals surface area contributed by atoms with Crippen molar-refractivity contribution >= 4 is 21.6 Å². The number of halogens is 2. The Morgan fingerprint density at radius 1 is 1.29 bits per heavy atom. The molecule has 1 aromatic carbocycles. The van der Waals surface area contributed by atoms with Crippen LogP contribution in [0.2, 0.25) is 0 Å². The maximum absolute atomic E-state index is 13.5. The van der Waals surface area contributed by atoms with E-state index in [0.717, 1.165) is 15.6 Å². The fourth-order valence-electron chi connectivity index (χ4n) is 1.52. The van der Waals surface area contributed by atoms with E-state index in [4.69, 9.17) is 0 Å². The van der Waals surface area contributed by atoms with Crippen molar-refractivity contribution in [2.24, 2.45) is 0 Å². The minimum atomic E-state index is -0.237. The van der Waals surface area contributed by atoms with E-state index in [9.17, 15) is 4.39 Å². The van der Waals surface area contributed by atoms with Gasteiger partial charge in [-0.3, -0.25) is 4.98 Å². The van der Waals surface area contributed by atoms with Crippen LogP contribution in [0.5, 0.6) is 0 Å².